The van der Waals surface area contributed by atoms with E-state index in [4.69, 9.17) is 9.15 Å². The van der Waals surface area contributed by atoms with Crippen molar-refractivity contribution in [2.45, 2.75) is 58.0 Å². The largest absolute Gasteiger partial charge is 0.487 e. The molecule has 1 aromatic carbocycles. The molecule has 0 unspecified atom stereocenters. The van der Waals surface area contributed by atoms with E-state index in [9.17, 15) is 9.59 Å². The molecule has 0 radical (unpaired) electrons. The number of nitrogens with zero attached hydrogens (tertiary/aromatic N) is 2. The number of hydrogen-bond acceptors (Lipinski definition) is 4. The second-order valence-corrected chi connectivity index (χ2v) is 8.70. The molecule has 0 bridgehead atoms. The summed E-state index contributed by atoms with van der Waals surface area (Å²) < 4.78 is 12.1. The van der Waals surface area contributed by atoms with Gasteiger partial charge in [-0.3, -0.25) is 9.59 Å². The summed E-state index contributed by atoms with van der Waals surface area (Å²) in [5.41, 5.74) is 0.788. The molecular weight excluding hydrogens is 392 g/mol. The zero-order chi connectivity index (χ0) is 22.0. The van der Waals surface area contributed by atoms with Crippen molar-refractivity contribution >= 4 is 11.8 Å². The van der Waals surface area contributed by atoms with E-state index in [1.807, 2.05) is 54.8 Å². The van der Waals surface area contributed by atoms with Crippen LogP contribution in [0.5, 0.6) is 5.75 Å². The molecule has 166 valence electrons. The lowest BCUT2D eigenvalue weighted by atomic mass is 9.76. The fourth-order valence-corrected chi connectivity index (χ4v) is 4.97. The molecule has 31 heavy (non-hydrogen) atoms. The molecule has 1 atom stereocenters. The molecule has 3 heterocycles. The quantitative estimate of drug-likeness (QED) is 0.714. The molecule has 0 N–H and O–H groups in total. The third-order valence-corrected chi connectivity index (χ3v) is 6.75. The predicted molar refractivity (Wildman–Crippen MR) is 118 cm³/mol. The minimum Gasteiger partial charge on any atom is -0.487 e. The van der Waals surface area contributed by atoms with Gasteiger partial charge in [0.1, 0.15) is 17.1 Å². The van der Waals surface area contributed by atoms with Gasteiger partial charge < -0.3 is 19.0 Å². The van der Waals surface area contributed by atoms with E-state index >= 15 is 0 Å². The number of hydrogen-bond donors (Lipinski definition) is 0. The molecule has 1 spiro atoms. The lowest BCUT2D eigenvalue weighted by molar-refractivity contribution is -0.131. The SMILES string of the molecule is CCN(CC)C(=O)C[C@@H]1CC2(CCN(C(=O)c3ccc(C)o3)CC2)Oc2ccccc21. The van der Waals surface area contributed by atoms with E-state index in [1.54, 1.807) is 6.07 Å². The summed E-state index contributed by atoms with van der Waals surface area (Å²) in [7, 11) is 0. The Morgan fingerprint density at radius 2 is 1.81 bits per heavy atom. The lowest BCUT2D eigenvalue weighted by Crippen LogP contribution is -2.52. The summed E-state index contributed by atoms with van der Waals surface area (Å²) >= 11 is 0. The average Bonchev–Trinajstić information content (AvgIpc) is 3.21. The molecule has 1 aromatic heterocycles. The maximum atomic E-state index is 12.9. The van der Waals surface area contributed by atoms with E-state index in [-0.39, 0.29) is 23.3 Å². The molecule has 1 fully saturated rings. The van der Waals surface area contributed by atoms with Crippen molar-refractivity contribution in [3.63, 3.8) is 0 Å². The van der Waals surface area contributed by atoms with Gasteiger partial charge in [0.15, 0.2) is 5.76 Å². The van der Waals surface area contributed by atoms with Gasteiger partial charge in [0.05, 0.1) is 0 Å². The highest BCUT2D eigenvalue weighted by atomic mass is 16.5. The Balaban J connectivity index is 1.49. The van der Waals surface area contributed by atoms with Crippen LogP contribution in [-0.4, -0.2) is 53.4 Å². The minimum atomic E-state index is -0.335. The molecular formula is C25H32N2O4. The second-order valence-electron chi connectivity index (χ2n) is 8.70. The van der Waals surface area contributed by atoms with Gasteiger partial charge in [0, 0.05) is 51.4 Å². The summed E-state index contributed by atoms with van der Waals surface area (Å²) in [6, 6.07) is 11.6. The van der Waals surface area contributed by atoms with Gasteiger partial charge in [0.25, 0.3) is 5.91 Å². The van der Waals surface area contributed by atoms with Crippen LogP contribution in [0.4, 0.5) is 0 Å². The van der Waals surface area contributed by atoms with Gasteiger partial charge in [-0.05, 0) is 51.0 Å². The van der Waals surface area contributed by atoms with E-state index in [1.165, 1.54) is 0 Å². The van der Waals surface area contributed by atoms with Gasteiger partial charge in [-0.15, -0.1) is 0 Å². The maximum absolute atomic E-state index is 12.9. The van der Waals surface area contributed by atoms with E-state index in [2.05, 4.69) is 6.07 Å². The molecule has 4 rings (SSSR count). The fraction of sp³-hybridized carbons (Fsp3) is 0.520. The van der Waals surface area contributed by atoms with Crippen molar-refractivity contribution in [2.24, 2.45) is 0 Å². The van der Waals surface area contributed by atoms with Crippen LogP contribution in [0.2, 0.25) is 0 Å². The van der Waals surface area contributed by atoms with Gasteiger partial charge in [-0.1, -0.05) is 18.2 Å². The number of furan rings is 1. The van der Waals surface area contributed by atoms with Gasteiger partial charge in [-0.2, -0.15) is 0 Å². The Morgan fingerprint density at radius 1 is 1.10 bits per heavy atom. The highest BCUT2D eigenvalue weighted by molar-refractivity contribution is 5.91. The van der Waals surface area contributed by atoms with E-state index in [0.717, 1.165) is 49.4 Å². The molecule has 1 saturated heterocycles. The van der Waals surface area contributed by atoms with Crippen LogP contribution in [0.15, 0.2) is 40.8 Å². The first-order valence-electron chi connectivity index (χ1n) is 11.4. The third kappa shape index (κ3) is 4.34. The highest BCUT2D eigenvalue weighted by Crippen LogP contribution is 2.46. The summed E-state index contributed by atoms with van der Waals surface area (Å²) in [5, 5.41) is 0. The molecule has 6 heteroatoms. The van der Waals surface area contributed by atoms with Crippen molar-refractivity contribution in [2.75, 3.05) is 26.2 Å². The minimum absolute atomic E-state index is 0.0626. The Morgan fingerprint density at radius 3 is 2.45 bits per heavy atom. The number of aryl methyl sites for hydroxylation is 1. The molecule has 6 nitrogen and oxygen atoms in total. The fourth-order valence-electron chi connectivity index (χ4n) is 4.97. The highest BCUT2D eigenvalue weighted by Gasteiger charge is 2.44. The van der Waals surface area contributed by atoms with Crippen molar-refractivity contribution < 1.29 is 18.7 Å². The number of piperidine rings is 1. The van der Waals surface area contributed by atoms with Gasteiger partial charge >= 0.3 is 0 Å². The van der Waals surface area contributed by atoms with Crippen molar-refractivity contribution in [3.8, 4) is 5.75 Å². The first-order chi connectivity index (χ1) is 14.9. The average molecular weight is 425 g/mol. The van der Waals surface area contributed by atoms with E-state index in [0.29, 0.717) is 25.3 Å². The van der Waals surface area contributed by atoms with Crippen molar-refractivity contribution in [1.29, 1.82) is 0 Å². The number of ether oxygens (including phenoxy) is 1. The number of likely N-dealkylation sites (tertiary alicyclic amines) is 1. The number of carbonyl (C=O) groups is 2. The normalized spacial score (nSPS) is 19.6. The van der Waals surface area contributed by atoms with Crippen LogP contribution in [-0.2, 0) is 4.79 Å². The number of rotatable bonds is 5. The number of fused-ring (bicyclic) bond motifs is 1. The second kappa shape index (κ2) is 8.77. The van der Waals surface area contributed by atoms with Gasteiger partial charge in [0.2, 0.25) is 5.91 Å². The first-order valence-corrected chi connectivity index (χ1v) is 11.4. The molecule has 2 amide bonds. The summed E-state index contributed by atoms with van der Waals surface area (Å²) in [6.45, 7) is 8.59. The summed E-state index contributed by atoms with van der Waals surface area (Å²) in [5.74, 6) is 2.28. The molecule has 2 aliphatic rings. The zero-order valence-electron chi connectivity index (χ0n) is 18.7. The number of benzene rings is 1. The smallest absolute Gasteiger partial charge is 0.289 e. The van der Waals surface area contributed by atoms with Crippen LogP contribution in [0.3, 0.4) is 0 Å². The van der Waals surface area contributed by atoms with Crippen LogP contribution in [0, 0.1) is 6.92 Å². The number of para-hydroxylation sites is 1. The Hall–Kier alpha value is -2.76. The number of amides is 2. The van der Waals surface area contributed by atoms with Crippen LogP contribution in [0.1, 0.15) is 67.3 Å². The maximum Gasteiger partial charge on any atom is 0.289 e. The summed E-state index contributed by atoms with van der Waals surface area (Å²) in [4.78, 5) is 29.4. The van der Waals surface area contributed by atoms with Crippen LogP contribution >= 0.6 is 0 Å². The molecule has 0 aliphatic carbocycles. The van der Waals surface area contributed by atoms with E-state index < -0.39 is 0 Å². The Kier molecular flexibility index (Phi) is 6.08. The molecule has 2 aromatic rings. The Bertz CT molecular complexity index is 939. The third-order valence-electron chi connectivity index (χ3n) is 6.75. The lowest BCUT2D eigenvalue weighted by Gasteiger charge is -2.47. The first kappa shape index (κ1) is 21.5. The topological polar surface area (TPSA) is 63.0 Å². The molecule has 0 saturated carbocycles. The van der Waals surface area contributed by atoms with Crippen molar-refractivity contribution in [3.05, 3.63) is 53.5 Å². The summed E-state index contributed by atoms with van der Waals surface area (Å²) in [6.07, 6.45) is 2.81. The molecule has 2 aliphatic heterocycles. The van der Waals surface area contributed by atoms with Crippen molar-refractivity contribution in [1.82, 2.24) is 9.80 Å². The Labute approximate surface area is 184 Å². The van der Waals surface area contributed by atoms with Crippen LogP contribution < -0.4 is 4.74 Å². The predicted octanol–water partition coefficient (Wildman–Crippen LogP) is 4.39. The monoisotopic (exact) mass is 424 g/mol. The standard InChI is InChI=1S/C25H32N2O4/c1-4-26(5-2)23(28)16-19-17-25(31-21-9-7-6-8-20(19)21)12-14-27(15-13-25)24(29)22-11-10-18(3)30-22/h6-11,19H,4-5,12-17H2,1-3H3/t19-/m1/s1. The van der Waals surface area contributed by atoms with Crippen LogP contribution in [0.25, 0.3) is 0 Å². The van der Waals surface area contributed by atoms with Gasteiger partial charge in [-0.25, -0.2) is 0 Å². The number of carbonyl (C=O) groups excluding carboxylic acids is 2. The zero-order valence-corrected chi connectivity index (χ0v) is 18.7.